The standard InChI is InChI=1S/C20H27N5O3/c1-13-8-14(2)19(15(3)9-13)25-6-4-17(20(25)28)23-16-10-22-24(11-16)12-18(27)21-5-7-26/h8-11,17,23,26H,4-7,12H2,1-3H3,(H,21,27)/t17-/m0/s1. The van der Waals surface area contributed by atoms with E-state index in [0.29, 0.717) is 18.7 Å². The van der Waals surface area contributed by atoms with Crippen LogP contribution in [0, 0.1) is 20.8 Å². The molecule has 1 saturated heterocycles. The molecule has 150 valence electrons. The summed E-state index contributed by atoms with van der Waals surface area (Å²) >= 11 is 0. The third kappa shape index (κ3) is 4.33. The Labute approximate surface area is 164 Å². The van der Waals surface area contributed by atoms with Crippen molar-refractivity contribution in [3.05, 3.63) is 41.2 Å². The van der Waals surface area contributed by atoms with Crippen LogP contribution in [0.1, 0.15) is 23.1 Å². The maximum absolute atomic E-state index is 13.0. The van der Waals surface area contributed by atoms with Gasteiger partial charge in [0, 0.05) is 25.0 Å². The third-order valence-corrected chi connectivity index (χ3v) is 4.82. The molecule has 28 heavy (non-hydrogen) atoms. The average Bonchev–Trinajstić information content (AvgIpc) is 3.21. The first-order chi connectivity index (χ1) is 13.4. The molecule has 3 N–H and O–H groups in total. The van der Waals surface area contributed by atoms with Gasteiger partial charge in [0.1, 0.15) is 12.6 Å². The number of amides is 2. The van der Waals surface area contributed by atoms with Crippen molar-refractivity contribution in [3.8, 4) is 0 Å². The Bertz CT molecular complexity index is 853. The van der Waals surface area contributed by atoms with E-state index >= 15 is 0 Å². The maximum atomic E-state index is 13.0. The quantitative estimate of drug-likeness (QED) is 0.664. The van der Waals surface area contributed by atoms with Gasteiger partial charge in [-0.15, -0.1) is 0 Å². The summed E-state index contributed by atoms with van der Waals surface area (Å²) in [6, 6.07) is 3.88. The SMILES string of the molecule is Cc1cc(C)c(N2CC[C@H](Nc3cnn(CC(=O)NCCO)c3)C2=O)c(C)c1. The monoisotopic (exact) mass is 385 g/mol. The fourth-order valence-electron chi connectivity index (χ4n) is 3.76. The Morgan fingerprint density at radius 3 is 2.68 bits per heavy atom. The Morgan fingerprint density at radius 1 is 1.29 bits per heavy atom. The van der Waals surface area contributed by atoms with Crippen LogP contribution in [0.4, 0.5) is 11.4 Å². The smallest absolute Gasteiger partial charge is 0.249 e. The summed E-state index contributed by atoms with van der Waals surface area (Å²) in [6.45, 7) is 6.98. The van der Waals surface area contributed by atoms with Gasteiger partial charge in [0.05, 0.1) is 18.5 Å². The van der Waals surface area contributed by atoms with Gasteiger partial charge in [-0.2, -0.15) is 5.10 Å². The van der Waals surface area contributed by atoms with E-state index in [1.807, 2.05) is 18.7 Å². The second-order valence-corrected chi connectivity index (χ2v) is 7.22. The number of hydrogen-bond donors (Lipinski definition) is 3. The Hall–Kier alpha value is -2.87. The second kappa shape index (κ2) is 8.43. The van der Waals surface area contributed by atoms with Crippen molar-refractivity contribution in [2.24, 2.45) is 0 Å². The van der Waals surface area contributed by atoms with Crippen molar-refractivity contribution in [3.63, 3.8) is 0 Å². The molecule has 2 heterocycles. The van der Waals surface area contributed by atoms with Crippen molar-refractivity contribution in [1.82, 2.24) is 15.1 Å². The first kappa shape index (κ1) is 19.9. The van der Waals surface area contributed by atoms with Crippen LogP contribution in [0.25, 0.3) is 0 Å². The molecule has 8 heteroatoms. The molecule has 3 rings (SSSR count). The number of rotatable bonds is 7. The van der Waals surface area contributed by atoms with Gasteiger partial charge in [-0.05, 0) is 38.3 Å². The van der Waals surface area contributed by atoms with E-state index in [-0.39, 0.29) is 37.6 Å². The van der Waals surface area contributed by atoms with Crippen molar-refractivity contribution in [2.75, 3.05) is 29.9 Å². The summed E-state index contributed by atoms with van der Waals surface area (Å²) in [5.74, 6) is -0.180. The van der Waals surface area contributed by atoms with Crippen LogP contribution in [0.2, 0.25) is 0 Å². The van der Waals surface area contributed by atoms with Crippen LogP contribution in [0.3, 0.4) is 0 Å². The van der Waals surface area contributed by atoms with E-state index in [1.54, 1.807) is 12.4 Å². The van der Waals surface area contributed by atoms with Gasteiger partial charge >= 0.3 is 0 Å². The summed E-state index contributed by atoms with van der Waals surface area (Å²) < 4.78 is 1.50. The summed E-state index contributed by atoms with van der Waals surface area (Å²) in [5.41, 5.74) is 5.10. The molecule has 0 unspecified atom stereocenters. The summed E-state index contributed by atoms with van der Waals surface area (Å²) in [5, 5.41) is 18.7. The van der Waals surface area contributed by atoms with Crippen molar-refractivity contribution in [1.29, 1.82) is 0 Å². The number of hydrogen-bond acceptors (Lipinski definition) is 5. The number of benzene rings is 1. The highest BCUT2D eigenvalue weighted by Crippen LogP contribution is 2.30. The van der Waals surface area contributed by atoms with E-state index in [2.05, 4.69) is 34.8 Å². The molecule has 0 spiro atoms. The predicted octanol–water partition coefficient (Wildman–Crippen LogP) is 1.13. The van der Waals surface area contributed by atoms with E-state index < -0.39 is 0 Å². The molecule has 0 radical (unpaired) electrons. The fraction of sp³-hybridized carbons (Fsp3) is 0.450. The van der Waals surface area contributed by atoms with Gasteiger partial charge in [-0.3, -0.25) is 14.3 Å². The highest BCUT2D eigenvalue weighted by molar-refractivity contribution is 6.02. The molecule has 8 nitrogen and oxygen atoms in total. The minimum Gasteiger partial charge on any atom is -0.395 e. The number of aromatic nitrogens is 2. The molecule has 0 bridgehead atoms. The number of carbonyl (C=O) groups is 2. The molecule has 1 aliphatic rings. The minimum absolute atomic E-state index is 0.0449. The fourth-order valence-corrected chi connectivity index (χ4v) is 3.76. The predicted molar refractivity (Wildman–Crippen MR) is 107 cm³/mol. The molecule has 2 amide bonds. The Morgan fingerprint density at radius 2 is 2.00 bits per heavy atom. The van der Waals surface area contributed by atoms with Crippen molar-refractivity contribution >= 4 is 23.2 Å². The summed E-state index contributed by atoms with van der Waals surface area (Å²) in [7, 11) is 0. The van der Waals surface area contributed by atoms with Crippen molar-refractivity contribution < 1.29 is 14.7 Å². The van der Waals surface area contributed by atoms with E-state index in [9.17, 15) is 9.59 Å². The van der Waals surface area contributed by atoms with Crippen LogP contribution >= 0.6 is 0 Å². The molecule has 1 aromatic carbocycles. The van der Waals surface area contributed by atoms with Gasteiger partial charge in [-0.25, -0.2) is 0 Å². The number of aliphatic hydroxyl groups excluding tert-OH is 1. The average molecular weight is 385 g/mol. The number of nitrogens with zero attached hydrogens (tertiary/aromatic N) is 3. The topological polar surface area (TPSA) is 99.5 Å². The largest absolute Gasteiger partial charge is 0.395 e. The van der Waals surface area contributed by atoms with E-state index in [1.165, 1.54) is 10.2 Å². The lowest BCUT2D eigenvalue weighted by molar-refractivity contribution is -0.122. The number of nitrogens with one attached hydrogen (secondary N) is 2. The Kier molecular flexibility index (Phi) is 5.99. The number of carbonyl (C=O) groups excluding carboxylic acids is 2. The van der Waals surface area contributed by atoms with Gasteiger partial charge in [0.25, 0.3) is 0 Å². The Balaban J connectivity index is 1.64. The lowest BCUT2D eigenvalue weighted by Crippen LogP contribution is -2.34. The lowest BCUT2D eigenvalue weighted by atomic mass is 10.0. The van der Waals surface area contributed by atoms with Crippen LogP contribution in [-0.2, 0) is 16.1 Å². The molecule has 2 aromatic rings. The molecule has 1 aromatic heterocycles. The number of aliphatic hydroxyl groups is 1. The summed E-state index contributed by atoms with van der Waals surface area (Å²) in [6.07, 6.45) is 4.02. The van der Waals surface area contributed by atoms with E-state index in [0.717, 1.165) is 16.8 Å². The number of aryl methyl sites for hydroxylation is 3. The maximum Gasteiger partial charge on any atom is 0.249 e. The molecule has 0 saturated carbocycles. The van der Waals surface area contributed by atoms with Crippen LogP contribution in [0.15, 0.2) is 24.5 Å². The number of anilines is 2. The van der Waals surface area contributed by atoms with Crippen LogP contribution in [0.5, 0.6) is 0 Å². The third-order valence-electron chi connectivity index (χ3n) is 4.82. The van der Waals surface area contributed by atoms with Crippen LogP contribution in [-0.4, -0.2) is 52.4 Å². The first-order valence-corrected chi connectivity index (χ1v) is 9.45. The molecule has 1 fully saturated rings. The van der Waals surface area contributed by atoms with Gasteiger partial charge < -0.3 is 20.6 Å². The van der Waals surface area contributed by atoms with Gasteiger partial charge in [-0.1, -0.05) is 17.7 Å². The molecular formula is C20H27N5O3. The normalized spacial score (nSPS) is 16.5. The van der Waals surface area contributed by atoms with Gasteiger partial charge in [0.15, 0.2) is 0 Å². The second-order valence-electron chi connectivity index (χ2n) is 7.22. The zero-order valence-corrected chi connectivity index (χ0v) is 16.5. The summed E-state index contributed by atoms with van der Waals surface area (Å²) in [4.78, 5) is 26.5. The molecular weight excluding hydrogens is 358 g/mol. The molecule has 0 aliphatic carbocycles. The van der Waals surface area contributed by atoms with Gasteiger partial charge in [0.2, 0.25) is 11.8 Å². The molecule has 1 atom stereocenters. The first-order valence-electron chi connectivity index (χ1n) is 9.45. The highest BCUT2D eigenvalue weighted by atomic mass is 16.3. The van der Waals surface area contributed by atoms with E-state index in [4.69, 9.17) is 5.11 Å². The minimum atomic E-state index is -0.319. The lowest BCUT2D eigenvalue weighted by Gasteiger charge is -2.22. The zero-order chi connectivity index (χ0) is 20.3. The zero-order valence-electron chi connectivity index (χ0n) is 16.5. The molecule has 1 aliphatic heterocycles. The van der Waals surface area contributed by atoms with Crippen LogP contribution < -0.4 is 15.5 Å². The highest BCUT2D eigenvalue weighted by Gasteiger charge is 2.34. The van der Waals surface area contributed by atoms with Crippen molar-refractivity contribution in [2.45, 2.75) is 39.8 Å².